The molecule has 1 atom stereocenters. The molecule has 1 aliphatic heterocycles. The van der Waals surface area contributed by atoms with Crippen molar-refractivity contribution >= 4 is 49.5 Å². The number of imidazole rings is 1. The van der Waals surface area contributed by atoms with Gasteiger partial charge in [-0.1, -0.05) is 27.5 Å². The standard InChI is InChI=1S/C15H13BrClN3O/c1-8-4-5-21-7-12-19-13-14(20(8)12)10-3-2-9(16)6-11(10)18-15(13)17/h2-3,6,8H,4-5,7H2,1H3. The topological polar surface area (TPSA) is 39.9 Å². The maximum absolute atomic E-state index is 6.35. The second-order valence-corrected chi connectivity index (χ2v) is 6.62. The molecule has 1 aliphatic rings. The number of rotatable bonds is 0. The average molecular weight is 367 g/mol. The van der Waals surface area contributed by atoms with E-state index in [2.05, 4.69) is 43.5 Å². The van der Waals surface area contributed by atoms with Crippen molar-refractivity contribution in [2.24, 2.45) is 0 Å². The number of benzene rings is 1. The zero-order valence-corrected chi connectivity index (χ0v) is 13.8. The molecular formula is C15H13BrClN3O. The Labute approximate surface area is 135 Å². The van der Waals surface area contributed by atoms with E-state index in [9.17, 15) is 0 Å². The Hall–Kier alpha value is -1.17. The molecule has 2 aromatic heterocycles. The summed E-state index contributed by atoms with van der Waals surface area (Å²) in [6.45, 7) is 3.47. The number of halogens is 2. The third kappa shape index (κ3) is 2.06. The normalized spacial score (nSPS) is 18.9. The number of fused-ring (bicyclic) bond motifs is 5. The van der Waals surface area contributed by atoms with Crippen molar-refractivity contribution in [1.82, 2.24) is 14.5 Å². The van der Waals surface area contributed by atoms with Gasteiger partial charge in [-0.3, -0.25) is 0 Å². The van der Waals surface area contributed by atoms with Gasteiger partial charge in [0.05, 0.1) is 11.0 Å². The van der Waals surface area contributed by atoms with Gasteiger partial charge in [0.15, 0.2) is 5.15 Å². The monoisotopic (exact) mass is 365 g/mol. The molecular weight excluding hydrogens is 354 g/mol. The number of pyridine rings is 1. The van der Waals surface area contributed by atoms with E-state index in [1.54, 1.807) is 0 Å². The SMILES string of the molecule is CC1CCOCc2nc3c(Cl)nc4cc(Br)ccc4c3n21. The van der Waals surface area contributed by atoms with Crippen molar-refractivity contribution in [3.05, 3.63) is 33.6 Å². The Morgan fingerprint density at radius 1 is 1.38 bits per heavy atom. The quantitative estimate of drug-likeness (QED) is 0.551. The number of ether oxygens (including phenoxy) is 1. The van der Waals surface area contributed by atoms with Crippen LogP contribution in [0.2, 0.25) is 5.15 Å². The fourth-order valence-electron chi connectivity index (χ4n) is 2.96. The first kappa shape index (κ1) is 13.5. The highest BCUT2D eigenvalue weighted by Gasteiger charge is 2.22. The maximum Gasteiger partial charge on any atom is 0.157 e. The Morgan fingerprint density at radius 3 is 3.10 bits per heavy atom. The summed E-state index contributed by atoms with van der Waals surface area (Å²) in [5.74, 6) is 0.925. The van der Waals surface area contributed by atoms with Crippen LogP contribution in [0.25, 0.3) is 21.9 Å². The highest BCUT2D eigenvalue weighted by molar-refractivity contribution is 9.10. The molecule has 4 rings (SSSR count). The lowest BCUT2D eigenvalue weighted by Gasteiger charge is -2.14. The van der Waals surface area contributed by atoms with E-state index in [4.69, 9.17) is 16.3 Å². The molecule has 3 aromatic rings. The van der Waals surface area contributed by atoms with Crippen LogP contribution in [0.5, 0.6) is 0 Å². The third-order valence-electron chi connectivity index (χ3n) is 3.96. The van der Waals surface area contributed by atoms with Crippen molar-refractivity contribution in [2.75, 3.05) is 6.61 Å². The molecule has 0 aliphatic carbocycles. The predicted octanol–water partition coefficient (Wildman–Crippen LogP) is 4.48. The summed E-state index contributed by atoms with van der Waals surface area (Å²) < 4.78 is 8.88. The average Bonchev–Trinajstić information content (AvgIpc) is 2.74. The fourth-order valence-corrected chi connectivity index (χ4v) is 3.53. The summed E-state index contributed by atoms with van der Waals surface area (Å²) in [5.41, 5.74) is 2.70. The summed E-state index contributed by atoms with van der Waals surface area (Å²) in [6, 6.07) is 6.41. The molecule has 0 saturated carbocycles. The van der Waals surface area contributed by atoms with Crippen LogP contribution in [0.1, 0.15) is 25.2 Å². The molecule has 21 heavy (non-hydrogen) atoms. The van der Waals surface area contributed by atoms with Crippen LogP contribution in [-0.4, -0.2) is 21.1 Å². The van der Waals surface area contributed by atoms with E-state index in [0.717, 1.165) is 45.3 Å². The molecule has 0 amide bonds. The molecule has 0 saturated heterocycles. The summed E-state index contributed by atoms with van der Waals surface area (Å²) in [7, 11) is 0. The van der Waals surface area contributed by atoms with Crippen LogP contribution in [0.4, 0.5) is 0 Å². The van der Waals surface area contributed by atoms with Crippen LogP contribution < -0.4 is 0 Å². The molecule has 0 N–H and O–H groups in total. The smallest absolute Gasteiger partial charge is 0.157 e. The predicted molar refractivity (Wildman–Crippen MR) is 86.7 cm³/mol. The van der Waals surface area contributed by atoms with Crippen molar-refractivity contribution in [3.63, 3.8) is 0 Å². The third-order valence-corrected chi connectivity index (χ3v) is 4.72. The highest BCUT2D eigenvalue weighted by Crippen LogP contribution is 2.34. The van der Waals surface area contributed by atoms with Crippen molar-refractivity contribution in [2.45, 2.75) is 26.0 Å². The van der Waals surface area contributed by atoms with Gasteiger partial charge in [0.1, 0.15) is 17.9 Å². The van der Waals surface area contributed by atoms with E-state index < -0.39 is 0 Å². The minimum absolute atomic E-state index is 0.331. The summed E-state index contributed by atoms with van der Waals surface area (Å²) in [6.07, 6.45) is 0.969. The van der Waals surface area contributed by atoms with Gasteiger partial charge >= 0.3 is 0 Å². The largest absolute Gasteiger partial charge is 0.373 e. The lowest BCUT2D eigenvalue weighted by Crippen LogP contribution is -2.07. The fraction of sp³-hybridized carbons (Fsp3) is 0.333. The number of hydrogen-bond acceptors (Lipinski definition) is 3. The molecule has 0 bridgehead atoms. The molecule has 0 radical (unpaired) electrons. The van der Waals surface area contributed by atoms with Gasteiger partial charge in [-0.2, -0.15) is 0 Å². The van der Waals surface area contributed by atoms with Crippen LogP contribution >= 0.6 is 27.5 Å². The molecule has 0 spiro atoms. The number of hydrogen-bond donors (Lipinski definition) is 0. The Bertz CT molecular complexity index is 861. The highest BCUT2D eigenvalue weighted by atomic mass is 79.9. The Morgan fingerprint density at radius 2 is 2.24 bits per heavy atom. The summed E-state index contributed by atoms with van der Waals surface area (Å²) in [5, 5.41) is 1.52. The van der Waals surface area contributed by atoms with Crippen LogP contribution in [0, 0.1) is 0 Å². The Balaban J connectivity index is 2.17. The lowest BCUT2D eigenvalue weighted by molar-refractivity contribution is 0.120. The zero-order valence-electron chi connectivity index (χ0n) is 11.4. The number of nitrogens with zero attached hydrogens (tertiary/aromatic N) is 3. The molecule has 1 unspecified atom stereocenters. The minimum atomic E-state index is 0.331. The minimum Gasteiger partial charge on any atom is -0.373 e. The van der Waals surface area contributed by atoms with E-state index in [-0.39, 0.29) is 0 Å². The van der Waals surface area contributed by atoms with Gasteiger partial charge in [-0.05, 0) is 31.5 Å². The molecule has 108 valence electrons. The summed E-state index contributed by atoms with van der Waals surface area (Å²) in [4.78, 5) is 9.14. The molecule has 4 nitrogen and oxygen atoms in total. The van der Waals surface area contributed by atoms with Crippen LogP contribution in [0.15, 0.2) is 22.7 Å². The van der Waals surface area contributed by atoms with Crippen molar-refractivity contribution in [3.8, 4) is 0 Å². The van der Waals surface area contributed by atoms with Crippen LogP contribution in [0.3, 0.4) is 0 Å². The van der Waals surface area contributed by atoms with Gasteiger partial charge in [0.25, 0.3) is 0 Å². The van der Waals surface area contributed by atoms with Gasteiger partial charge in [-0.25, -0.2) is 9.97 Å². The van der Waals surface area contributed by atoms with E-state index in [1.807, 2.05) is 12.1 Å². The first-order valence-electron chi connectivity index (χ1n) is 6.88. The molecule has 6 heteroatoms. The van der Waals surface area contributed by atoms with Gasteiger partial charge in [0, 0.05) is 22.5 Å². The molecule has 1 aromatic carbocycles. The summed E-state index contributed by atoms with van der Waals surface area (Å²) >= 11 is 9.84. The second kappa shape index (κ2) is 4.93. The number of aromatic nitrogens is 3. The second-order valence-electron chi connectivity index (χ2n) is 5.35. The Kier molecular flexibility index (Phi) is 3.17. The van der Waals surface area contributed by atoms with Gasteiger partial charge in [0.2, 0.25) is 0 Å². The van der Waals surface area contributed by atoms with Gasteiger partial charge < -0.3 is 9.30 Å². The van der Waals surface area contributed by atoms with Crippen molar-refractivity contribution < 1.29 is 4.74 Å². The van der Waals surface area contributed by atoms with Crippen LogP contribution in [-0.2, 0) is 11.3 Å². The maximum atomic E-state index is 6.35. The van der Waals surface area contributed by atoms with E-state index in [1.165, 1.54) is 0 Å². The first-order valence-corrected chi connectivity index (χ1v) is 8.05. The van der Waals surface area contributed by atoms with E-state index >= 15 is 0 Å². The first-order chi connectivity index (χ1) is 10.1. The molecule has 3 heterocycles. The van der Waals surface area contributed by atoms with E-state index in [0.29, 0.717) is 17.8 Å². The van der Waals surface area contributed by atoms with Crippen molar-refractivity contribution in [1.29, 1.82) is 0 Å². The zero-order chi connectivity index (χ0) is 14.6. The molecule has 0 fully saturated rings. The lowest BCUT2D eigenvalue weighted by atomic mass is 10.1. The van der Waals surface area contributed by atoms with Gasteiger partial charge in [-0.15, -0.1) is 0 Å².